The molecule has 4 rings (SSSR count). The van der Waals surface area contributed by atoms with E-state index in [9.17, 15) is 0 Å². The molecule has 0 saturated carbocycles. The number of rotatable bonds is 5. The van der Waals surface area contributed by atoms with Crippen LogP contribution in [-0.4, -0.2) is 10.2 Å². The average Bonchev–Trinajstić information content (AvgIpc) is 3.33. The molecular weight excluding hydrogens is 336 g/mol. The standard InChI is InChI=1S/C23H20N2O2/c1-16-4-3-5-18(12-16)14-23-25-24-22(27-23)9-8-19-7-6-17(2)13-21(19)20-10-11-26-15-20/h3-13,15H,14H2,1-2H3/b9-8+. The molecule has 0 fully saturated rings. The van der Waals surface area contributed by atoms with Gasteiger partial charge in [0.2, 0.25) is 11.8 Å². The molecule has 0 spiro atoms. The van der Waals surface area contributed by atoms with E-state index in [0.29, 0.717) is 18.2 Å². The second kappa shape index (κ2) is 7.46. The zero-order valence-corrected chi connectivity index (χ0v) is 15.3. The van der Waals surface area contributed by atoms with Gasteiger partial charge in [-0.15, -0.1) is 10.2 Å². The number of hydrogen-bond acceptors (Lipinski definition) is 4. The lowest BCUT2D eigenvalue weighted by atomic mass is 9.99. The highest BCUT2D eigenvalue weighted by Crippen LogP contribution is 2.27. The summed E-state index contributed by atoms with van der Waals surface area (Å²) in [5.41, 5.74) is 6.80. The summed E-state index contributed by atoms with van der Waals surface area (Å²) in [6, 6.07) is 16.6. The Morgan fingerprint density at radius 2 is 1.81 bits per heavy atom. The maximum absolute atomic E-state index is 5.78. The summed E-state index contributed by atoms with van der Waals surface area (Å²) in [6.45, 7) is 4.15. The molecule has 0 aliphatic carbocycles. The van der Waals surface area contributed by atoms with Crippen LogP contribution in [0.5, 0.6) is 0 Å². The van der Waals surface area contributed by atoms with Crippen molar-refractivity contribution >= 4 is 12.2 Å². The molecule has 134 valence electrons. The summed E-state index contributed by atoms with van der Waals surface area (Å²) in [5.74, 6) is 1.11. The van der Waals surface area contributed by atoms with E-state index < -0.39 is 0 Å². The molecule has 4 heteroatoms. The van der Waals surface area contributed by atoms with Gasteiger partial charge >= 0.3 is 0 Å². The lowest BCUT2D eigenvalue weighted by Gasteiger charge is -2.05. The van der Waals surface area contributed by atoms with Gasteiger partial charge in [-0.05, 0) is 42.7 Å². The van der Waals surface area contributed by atoms with Crippen molar-refractivity contribution in [2.75, 3.05) is 0 Å². The van der Waals surface area contributed by atoms with Crippen molar-refractivity contribution in [2.24, 2.45) is 0 Å². The van der Waals surface area contributed by atoms with Crippen molar-refractivity contribution in [3.63, 3.8) is 0 Å². The van der Waals surface area contributed by atoms with Crippen molar-refractivity contribution in [3.8, 4) is 11.1 Å². The van der Waals surface area contributed by atoms with Crippen LogP contribution < -0.4 is 0 Å². The van der Waals surface area contributed by atoms with E-state index >= 15 is 0 Å². The van der Waals surface area contributed by atoms with Gasteiger partial charge in [0, 0.05) is 11.6 Å². The first kappa shape index (κ1) is 17.0. The minimum Gasteiger partial charge on any atom is -0.472 e. The molecule has 27 heavy (non-hydrogen) atoms. The first-order valence-electron chi connectivity index (χ1n) is 8.86. The molecule has 0 radical (unpaired) electrons. The van der Waals surface area contributed by atoms with Crippen LogP contribution in [0.3, 0.4) is 0 Å². The third-order valence-electron chi connectivity index (χ3n) is 4.37. The summed E-state index contributed by atoms with van der Waals surface area (Å²) in [7, 11) is 0. The van der Waals surface area contributed by atoms with Gasteiger partial charge in [0.05, 0.1) is 18.9 Å². The number of nitrogens with zero attached hydrogens (tertiary/aromatic N) is 2. The smallest absolute Gasteiger partial charge is 0.240 e. The Labute approximate surface area is 158 Å². The predicted molar refractivity (Wildman–Crippen MR) is 106 cm³/mol. The summed E-state index contributed by atoms with van der Waals surface area (Å²) < 4.78 is 11.0. The van der Waals surface area contributed by atoms with E-state index in [4.69, 9.17) is 8.83 Å². The second-order valence-corrected chi connectivity index (χ2v) is 6.64. The molecule has 0 bridgehead atoms. The van der Waals surface area contributed by atoms with Gasteiger partial charge < -0.3 is 8.83 Å². The van der Waals surface area contributed by atoms with Crippen LogP contribution in [0.25, 0.3) is 23.3 Å². The van der Waals surface area contributed by atoms with Gasteiger partial charge in [-0.3, -0.25) is 0 Å². The van der Waals surface area contributed by atoms with Gasteiger partial charge in [0.15, 0.2) is 0 Å². The Hall–Kier alpha value is -3.40. The number of benzene rings is 2. The maximum atomic E-state index is 5.78. The van der Waals surface area contributed by atoms with Gasteiger partial charge in [-0.2, -0.15) is 0 Å². The van der Waals surface area contributed by atoms with Crippen LogP contribution in [-0.2, 0) is 6.42 Å². The van der Waals surface area contributed by atoms with Crippen molar-refractivity contribution in [3.05, 3.63) is 95.1 Å². The summed E-state index contributed by atoms with van der Waals surface area (Å²) in [4.78, 5) is 0. The summed E-state index contributed by atoms with van der Waals surface area (Å²) in [5, 5.41) is 8.29. The van der Waals surface area contributed by atoms with Crippen LogP contribution in [0, 0.1) is 13.8 Å². The van der Waals surface area contributed by atoms with Crippen LogP contribution >= 0.6 is 0 Å². The van der Waals surface area contributed by atoms with E-state index in [2.05, 4.69) is 60.4 Å². The zero-order valence-electron chi connectivity index (χ0n) is 15.3. The molecule has 2 aromatic carbocycles. The molecule has 2 heterocycles. The topological polar surface area (TPSA) is 52.1 Å². The van der Waals surface area contributed by atoms with E-state index in [-0.39, 0.29) is 0 Å². The monoisotopic (exact) mass is 356 g/mol. The lowest BCUT2D eigenvalue weighted by molar-refractivity contribution is 0.496. The zero-order chi connectivity index (χ0) is 18.6. The molecule has 0 atom stereocenters. The highest BCUT2D eigenvalue weighted by Gasteiger charge is 2.07. The number of hydrogen-bond donors (Lipinski definition) is 0. The summed E-state index contributed by atoms with van der Waals surface area (Å²) in [6.07, 6.45) is 7.90. The van der Waals surface area contributed by atoms with Crippen LogP contribution in [0.2, 0.25) is 0 Å². The van der Waals surface area contributed by atoms with E-state index in [1.54, 1.807) is 12.5 Å². The summed E-state index contributed by atoms with van der Waals surface area (Å²) >= 11 is 0. The number of aromatic nitrogens is 2. The molecule has 0 saturated heterocycles. The Morgan fingerprint density at radius 1 is 0.926 bits per heavy atom. The van der Waals surface area contributed by atoms with Crippen LogP contribution in [0.1, 0.15) is 34.0 Å². The number of aryl methyl sites for hydroxylation is 2. The molecule has 0 N–H and O–H groups in total. The quantitative estimate of drug-likeness (QED) is 0.460. The van der Waals surface area contributed by atoms with Crippen molar-refractivity contribution < 1.29 is 8.83 Å². The Bertz CT molecular complexity index is 1080. The lowest BCUT2D eigenvalue weighted by Crippen LogP contribution is -1.88. The van der Waals surface area contributed by atoms with Crippen LogP contribution in [0.4, 0.5) is 0 Å². The molecule has 4 nitrogen and oxygen atoms in total. The van der Waals surface area contributed by atoms with Crippen molar-refractivity contribution in [1.29, 1.82) is 0 Å². The Balaban J connectivity index is 1.55. The maximum Gasteiger partial charge on any atom is 0.240 e. The highest BCUT2D eigenvalue weighted by molar-refractivity contribution is 5.79. The van der Waals surface area contributed by atoms with Gasteiger partial charge in [-0.1, -0.05) is 53.6 Å². The minimum atomic E-state index is 0.497. The van der Waals surface area contributed by atoms with Crippen molar-refractivity contribution in [2.45, 2.75) is 20.3 Å². The molecular formula is C23H20N2O2. The highest BCUT2D eigenvalue weighted by atomic mass is 16.4. The molecule has 0 aliphatic heterocycles. The second-order valence-electron chi connectivity index (χ2n) is 6.64. The number of furan rings is 1. The van der Waals surface area contributed by atoms with Gasteiger partial charge in [0.1, 0.15) is 0 Å². The van der Waals surface area contributed by atoms with Crippen LogP contribution in [0.15, 0.2) is 69.9 Å². The SMILES string of the molecule is Cc1cccc(Cc2nnc(/C=C/c3ccc(C)cc3-c3ccoc3)o2)c1. The first-order valence-corrected chi connectivity index (χ1v) is 8.86. The normalized spacial score (nSPS) is 11.3. The van der Waals surface area contributed by atoms with E-state index in [0.717, 1.165) is 22.3 Å². The fraction of sp³-hybridized carbons (Fsp3) is 0.130. The third-order valence-corrected chi connectivity index (χ3v) is 4.37. The minimum absolute atomic E-state index is 0.497. The van der Waals surface area contributed by atoms with Crippen molar-refractivity contribution in [1.82, 2.24) is 10.2 Å². The third kappa shape index (κ3) is 4.06. The first-order chi connectivity index (χ1) is 13.2. The largest absolute Gasteiger partial charge is 0.472 e. The Morgan fingerprint density at radius 3 is 2.63 bits per heavy atom. The molecule has 4 aromatic rings. The van der Waals surface area contributed by atoms with Gasteiger partial charge in [-0.25, -0.2) is 0 Å². The molecule has 0 amide bonds. The van der Waals surface area contributed by atoms with E-state index in [1.807, 2.05) is 24.3 Å². The predicted octanol–water partition coefficient (Wildman–Crippen LogP) is 5.71. The average molecular weight is 356 g/mol. The van der Waals surface area contributed by atoms with E-state index in [1.165, 1.54) is 11.1 Å². The molecule has 0 aliphatic rings. The molecule has 0 unspecified atom stereocenters. The molecule has 2 aromatic heterocycles. The van der Waals surface area contributed by atoms with Gasteiger partial charge in [0.25, 0.3) is 0 Å². The fourth-order valence-corrected chi connectivity index (χ4v) is 3.05. The fourth-order valence-electron chi connectivity index (χ4n) is 3.05. The Kier molecular flexibility index (Phi) is 4.71.